The van der Waals surface area contributed by atoms with Crippen molar-refractivity contribution in [1.29, 1.82) is 0 Å². The lowest BCUT2D eigenvalue weighted by Gasteiger charge is -2.31. The number of hydrogen-bond acceptors (Lipinski definition) is 5. The van der Waals surface area contributed by atoms with E-state index >= 15 is 0 Å². The van der Waals surface area contributed by atoms with Crippen LogP contribution in [0.25, 0.3) is 0 Å². The Labute approximate surface area is 153 Å². The van der Waals surface area contributed by atoms with Crippen molar-refractivity contribution in [1.82, 2.24) is 15.0 Å². The van der Waals surface area contributed by atoms with Crippen LogP contribution >= 0.6 is 0 Å². The van der Waals surface area contributed by atoms with Gasteiger partial charge in [0.2, 0.25) is 5.89 Å². The summed E-state index contributed by atoms with van der Waals surface area (Å²) < 4.78 is 5.12. The van der Waals surface area contributed by atoms with E-state index in [0.717, 1.165) is 24.9 Å². The maximum atomic E-state index is 11.4. The fourth-order valence-electron chi connectivity index (χ4n) is 3.82. The first-order valence-electron chi connectivity index (χ1n) is 8.99. The van der Waals surface area contributed by atoms with Gasteiger partial charge in [-0.15, -0.1) is 0 Å². The van der Waals surface area contributed by atoms with Gasteiger partial charge in [-0.25, -0.2) is 0 Å². The summed E-state index contributed by atoms with van der Waals surface area (Å²) >= 11 is 0. The number of nitrogens with zero attached hydrogens (tertiary/aromatic N) is 3. The van der Waals surface area contributed by atoms with Crippen LogP contribution in [0.3, 0.4) is 0 Å². The Morgan fingerprint density at radius 3 is 2.62 bits per heavy atom. The highest BCUT2D eigenvalue weighted by atomic mass is 16.5. The van der Waals surface area contributed by atoms with Crippen LogP contribution in [0.4, 0.5) is 0 Å². The molecule has 5 nitrogen and oxygen atoms in total. The Kier molecular flexibility index (Phi) is 4.57. The Bertz CT molecular complexity index is 878. The van der Waals surface area contributed by atoms with Crippen LogP contribution in [-0.4, -0.2) is 26.7 Å². The molecule has 1 aliphatic rings. The summed E-state index contributed by atoms with van der Waals surface area (Å²) in [5.74, 6) is 1.21. The van der Waals surface area contributed by atoms with Crippen molar-refractivity contribution in [2.45, 2.75) is 38.5 Å². The van der Waals surface area contributed by atoms with E-state index in [1.807, 2.05) is 36.4 Å². The molecule has 1 atom stereocenters. The maximum Gasteiger partial charge on any atom is 0.223 e. The Hall–Kier alpha value is -2.50. The van der Waals surface area contributed by atoms with Crippen LogP contribution in [0.5, 0.6) is 0 Å². The summed E-state index contributed by atoms with van der Waals surface area (Å²) in [6, 6.07) is 18.5. The molecule has 0 fully saturated rings. The van der Waals surface area contributed by atoms with Crippen molar-refractivity contribution in [2.24, 2.45) is 0 Å². The molecule has 5 heteroatoms. The van der Waals surface area contributed by atoms with Crippen LogP contribution < -0.4 is 0 Å². The van der Waals surface area contributed by atoms with E-state index < -0.39 is 5.60 Å². The summed E-state index contributed by atoms with van der Waals surface area (Å²) in [6.45, 7) is 3.58. The molecule has 0 amide bonds. The summed E-state index contributed by atoms with van der Waals surface area (Å²) in [5.41, 5.74) is 2.64. The SMILES string of the molecule is Cc1nc(CN(Cc2ccccc2)C[C@@]2(O)CCc3ccccc32)no1. The molecule has 0 saturated carbocycles. The van der Waals surface area contributed by atoms with Gasteiger partial charge in [0.15, 0.2) is 5.82 Å². The predicted molar refractivity (Wildman–Crippen MR) is 98.3 cm³/mol. The first kappa shape index (κ1) is 16.9. The molecule has 0 radical (unpaired) electrons. The lowest BCUT2D eigenvalue weighted by atomic mass is 9.95. The lowest BCUT2D eigenvalue weighted by Crippen LogP contribution is -2.39. The van der Waals surface area contributed by atoms with Crippen molar-refractivity contribution in [3.63, 3.8) is 0 Å². The van der Waals surface area contributed by atoms with Crippen molar-refractivity contribution >= 4 is 0 Å². The standard InChI is InChI=1S/C21H23N3O2/c1-16-22-20(23-26-16)14-24(13-17-7-3-2-4-8-17)15-21(25)12-11-18-9-5-6-10-19(18)21/h2-10,25H,11-15H2,1H3/t21-/m0/s1. The van der Waals surface area contributed by atoms with Gasteiger partial charge in [-0.05, 0) is 29.5 Å². The van der Waals surface area contributed by atoms with E-state index in [4.69, 9.17) is 4.52 Å². The molecule has 1 aromatic heterocycles. The zero-order chi connectivity index (χ0) is 18.0. The van der Waals surface area contributed by atoms with Gasteiger partial charge in [-0.1, -0.05) is 59.8 Å². The fourth-order valence-corrected chi connectivity index (χ4v) is 3.82. The zero-order valence-corrected chi connectivity index (χ0v) is 14.9. The number of benzene rings is 2. The monoisotopic (exact) mass is 349 g/mol. The van der Waals surface area contributed by atoms with E-state index in [9.17, 15) is 5.11 Å². The molecule has 4 rings (SSSR count). The molecule has 0 saturated heterocycles. The van der Waals surface area contributed by atoms with E-state index in [1.54, 1.807) is 6.92 Å². The quantitative estimate of drug-likeness (QED) is 0.740. The summed E-state index contributed by atoms with van der Waals surface area (Å²) in [5, 5.41) is 15.4. The number of rotatable bonds is 6. The number of aryl methyl sites for hydroxylation is 2. The highest BCUT2D eigenvalue weighted by Crippen LogP contribution is 2.37. The molecule has 1 N–H and O–H groups in total. The molecule has 1 heterocycles. The normalized spacial score (nSPS) is 19.0. The predicted octanol–water partition coefficient (Wildman–Crippen LogP) is 3.21. The number of fused-ring (bicyclic) bond motifs is 1. The molecular weight excluding hydrogens is 326 g/mol. The Morgan fingerprint density at radius 1 is 1.08 bits per heavy atom. The first-order valence-corrected chi connectivity index (χ1v) is 8.99. The molecule has 0 bridgehead atoms. The lowest BCUT2D eigenvalue weighted by molar-refractivity contribution is -0.00510. The van der Waals surface area contributed by atoms with E-state index in [1.165, 1.54) is 11.1 Å². The molecular formula is C21H23N3O2. The van der Waals surface area contributed by atoms with Gasteiger partial charge in [-0.3, -0.25) is 4.90 Å². The number of hydrogen-bond donors (Lipinski definition) is 1. The minimum absolute atomic E-state index is 0.534. The molecule has 0 aliphatic heterocycles. The summed E-state index contributed by atoms with van der Waals surface area (Å²) in [6.07, 6.45) is 1.65. The van der Waals surface area contributed by atoms with Gasteiger partial charge in [0.25, 0.3) is 0 Å². The maximum absolute atomic E-state index is 11.4. The fraction of sp³-hybridized carbons (Fsp3) is 0.333. The molecule has 26 heavy (non-hydrogen) atoms. The van der Waals surface area contributed by atoms with E-state index in [2.05, 4.69) is 33.2 Å². The average Bonchev–Trinajstić information content (AvgIpc) is 3.20. The van der Waals surface area contributed by atoms with E-state index in [-0.39, 0.29) is 0 Å². The molecule has 1 aliphatic carbocycles. The average molecular weight is 349 g/mol. The first-order chi connectivity index (χ1) is 12.6. The van der Waals surface area contributed by atoms with Crippen LogP contribution in [0.15, 0.2) is 59.1 Å². The zero-order valence-electron chi connectivity index (χ0n) is 14.9. The van der Waals surface area contributed by atoms with Gasteiger partial charge in [0, 0.05) is 20.0 Å². The Balaban J connectivity index is 1.58. The Morgan fingerprint density at radius 2 is 1.85 bits per heavy atom. The van der Waals surface area contributed by atoms with Crippen molar-refractivity contribution < 1.29 is 9.63 Å². The molecule has 0 unspecified atom stereocenters. The molecule has 134 valence electrons. The third kappa shape index (κ3) is 3.54. The molecule has 2 aromatic carbocycles. The number of aromatic nitrogens is 2. The second-order valence-corrected chi connectivity index (χ2v) is 7.05. The van der Waals surface area contributed by atoms with Crippen molar-refractivity contribution in [2.75, 3.05) is 6.54 Å². The van der Waals surface area contributed by atoms with Crippen molar-refractivity contribution in [3.05, 3.63) is 83.0 Å². The van der Waals surface area contributed by atoms with Crippen LogP contribution in [0.2, 0.25) is 0 Å². The highest BCUT2D eigenvalue weighted by molar-refractivity contribution is 5.37. The molecule has 0 spiro atoms. The number of aliphatic hydroxyl groups is 1. The van der Waals surface area contributed by atoms with Gasteiger partial charge in [0.05, 0.1) is 6.54 Å². The van der Waals surface area contributed by atoms with Gasteiger partial charge < -0.3 is 9.63 Å². The van der Waals surface area contributed by atoms with E-state index in [0.29, 0.717) is 24.8 Å². The van der Waals surface area contributed by atoms with Crippen LogP contribution in [0, 0.1) is 6.92 Å². The van der Waals surface area contributed by atoms with Gasteiger partial charge in [-0.2, -0.15) is 4.98 Å². The van der Waals surface area contributed by atoms with Crippen LogP contribution in [0.1, 0.15) is 34.8 Å². The summed E-state index contributed by atoms with van der Waals surface area (Å²) in [7, 11) is 0. The summed E-state index contributed by atoms with van der Waals surface area (Å²) in [4.78, 5) is 6.53. The minimum Gasteiger partial charge on any atom is -0.384 e. The smallest absolute Gasteiger partial charge is 0.223 e. The van der Waals surface area contributed by atoms with Gasteiger partial charge >= 0.3 is 0 Å². The third-order valence-corrected chi connectivity index (χ3v) is 5.00. The largest absolute Gasteiger partial charge is 0.384 e. The second kappa shape index (κ2) is 7.02. The van der Waals surface area contributed by atoms with Crippen molar-refractivity contribution in [3.8, 4) is 0 Å². The van der Waals surface area contributed by atoms with Gasteiger partial charge in [0.1, 0.15) is 5.60 Å². The highest BCUT2D eigenvalue weighted by Gasteiger charge is 2.38. The molecule has 3 aromatic rings. The second-order valence-electron chi connectivity index (χ2n) is 7.05. The topological polar surface area (TPSA) is 62.4 Å². The third-order valence-electron chi connectivity index (χ3n) is 5.00. The van der Waals surface area contributed by atoms with Crippen LogP contribution in [-0.2, 0) is 25.1 Å². The minimum atomic E-state index is -0.843.